The fourth-order valence-electron chi connectivity index (χ4n) is 2.71. The molecular formula is C17H17BrFNOS. The van der Waals surface area contributed by atoms with Gasteiger partial charge in [-0.15, -0.1) is 0 Å². The average Bonchev–Trinajstić information content (AvgIpc) is 2.53. The van der Waals surface area contributed by atoms with E-state index in [2.05, 4.69) is 20.2 Å². The molecule has 0 atom stereocenters. The third-order valence-electron chi connectivity index (χ3n) is 3.95. The van der Waals surface area contributed by atoms with Crippen molar-refractivity contribution in [3.05, 3.63) is 58.3 Å². The molecule has 0 saturated carbocycles. The molecule has 5 heteroatoms. The van der Waals surface area contributed by atoms with Crippen molar-refractivity contribution in [3.63, 3.8) is 0 Å². The number of nitrogens with zero attached hydrogens (tertiary/aromatic N) is 1. The minimum atomic E-state index is -0.172. The topological polar surface area (TPSA) is 23.5 Å². The maximum atomic E-state index is 13.0. The van der Waals surface area contributed by atoms with Gasteiger partial charge in [0.15, 0.2) is 0 Å². The van der Waals surface area contributed by atoms with Gasteiger partial charge < -0.3 is 5.11 Å². The van der Waals surface area contributed by atoms with E-state index in [1.807, 2.05) is 24.3 Å². The van der Waals surface area contributed by atoms with Crippen LogP contribution in [0.25, 0.3) is 0 Å². The Bertz CT molecular complexity index is 642. The van der Waals surface area contributed by atoms with E-state index in [1.165, 1.54) is 5.56 Å². The van der Waals surface area contributed by atoms with Crippen LogP contribution in [-0.2, 0) is 0 Å². The van der Waals surface area contributed by atoms with E-state index in [4.69, 9.17) is 0 Å². The zero-order valence-electron chi connectivity index (χ0n) is 12.0. The lowest BCUT2D eigenvalue weighted by molar-refractivity contribution is 0.346. The van der Waals surface area contributed by atoms with E-state index in [-0.39, 0.29) is 11.6 Å². The molecule has 0 aliphatic carbocycles. The van der Waals surface area contributed by atoms with Crippen molar-refractivity contribution in [1.82, 2.24) is 4.31 Å². The summed E-state index contributed by atoms with van der Waals surface area (Å²) in [7, 11) is 0. The zero-order chi connectivity index (χ0) is 15.5. The first-order chi connectivity index (χ1) is 10.6. The van der Waals surface area contributed by atoms with Gasteiger partial charge in [-0.2, -0.15) is 0 Å². The number of phenolic OH excluding ortho intramolecular Hbond substituents is 1. The van der Waals surface area contributed by atoms with Crippen LogP contribution in [0.1, 0.15) is 24.3 Å². The molecule has 22 heavy (non-hydrogen) atoms. The molecule has 0 aromatic heterocycles. The smallest absolute Gasteiger partial charge is 0.129 e. The van der Waals surface area contributed by atoms with Crippen LogP contribution in [0.5, 0.6) is 5.75 Å². The third kappa shape index (κ3) is 3.83. The van der Waals surface area contributed by atoms with Crippen molar-refractivity contribution in [1.29, 1.82) is 0 Å². The molecule has 2 nitrogen and oxygen atoms in total. The largest absolute Gasteiger partial charge is 0.507 e. The van der Waals surface area contributed by atoms with E-state index in [0.29, 0.717) is 5.92 Å². The number of aromatic hydroxyl groups is 1. The van der Waals surface area contributed by atoms with E-state index >= 15 is 0 Å². The highest BCUT2D eigenvalue weighted by molar-refractivity contribution is 9.10. The number of rotatable bonds is 3. The molecule has 0 bridgehead atoms. The summed E-state index contributed by atoms with van der Waals surface area (Å²) < 4.78 is 16.1. The first-order valence-corrected chi connectivity index (χ1v) is 8.85. The van der Waals surface area contributed by atoms with Gasteiger partial charge in [0, 0.05) is 18.0 Å². The minimum Gasteiger partial charge on any atom is -0.507 e. The highest BCUT2D eigenvalue weighted by Crippen LogP contribution is 2.35. The Hall–Kier alpha value is -1.04. The summed E-state index contributed by atoms with van der Waals surface area (Å²) in [5.41, 5.74) is 1.23. The van der Waals surface area contributed by atoms with E-state index in [9.17, 15) is 9.50 Å². The van der Waals surface area contributed by atoms with Crippen LogP contribution >= 0.6 is 27.9 Å². The molecule has 1 saturated heterocycles. The summed E-state index contributed by atoms with van der Waals surface area (Å²) in [5.74, 6) is 0.609. The summed E-state index contributed by atoms with van der Waals surface area (Å²) in [6.45, 7) is 2.01. The molecule has 2 aromatic rings. The Balaban J connectivity index is 1.57. The first kappa shape index (κ1) is 15.8. The van der Waals surface area contributed by atoms with E-state index < -0.39 is 0 Å². The first-order valence-electron chi connectivity index (χ1n) is 7.29. The second kappa shape index (κ2) is 7.02. The summed E-state index contributed by atoms with van der Waals surface area (Å²) in [5, 5.41) is 9.53. The van der Waals surface area contributed by atoms with Crippen molar-refractivity contribution in [2.24, 2.45) is 0 Å². The van der Waals surface area contributed by atoms with Gasteiger partial charge in [0.25, 0.3) is 0 Å². The second-order valence-electron chi connectivity index (χ2n) is 5.46. The molecule has 3 rings (SSSR count). The SMILES string of the molecule is Oc1ccc(SN2CCC(c3ccc(F)cc3)CC2)cc1Br. The summed E-state index contributed by atoms with van der Waals surface area (Å²) >= 11 is 5.06. The molecule has 0 unspecified atom stereocenters. The molecule has 2 aromatic carbocycles. The highest BCUT2D eigenvalue weighted by Gasteiger charge is 2.21. The third-order valence-corrected chi connectivity index (χ3v) is 5.67. The lowest BCUT2D eigenvalue weighted by Gasteiger charge is -2.31. The van der Waals surface area contributed by atoms with Crippen molar-refractivity contribution in [2.75, 3.05) is 13.1 Å². The molecule has 1 heterocycles. The minimum absolute atomic E-state index is 0.172. The summed E-state index contributed by atoms with van der Waals surface area (Å²) in [6.07, 6.45) is 2.16. The second-order valence-corrected chi connectivity index (χ2v) is 7.48. The molecule has 0 amide bonds. The fourth-order valence-corrected chi connectivity index (χ4v) is 4.23. The Morgan fingerprint density at radius 2 is 1.77 bits per heavy atom. The van der Waals surface area contributed by atoms with Crippen LogP contribution in [-0.4, -0.2) is 22.5 Å². The number of phenols is 1. The van der Waals surface area contributed by atoms with Crippen LogP contribution in [0.3, 0.4) is 0 Å². The molecular weight excluding hydrogens is 365 g/mol. The number of piperidine rings is 1. The number of hydrogen-bond acceptors (Lipinski definition) is 3. The maximum Gasteiger partial charge on any atom is 0.129 e. The number of hydrogen-bond donors (Lipinski definition) is 1. The van der Waals surface area contributed by atoms with Gasteiger partial charge in [0.05, 0.1) is 4.47 Å². The van der Waals surface area contributed by atoms with Crippen molar-refractivity contribution in [2.45, 2.75) is 23.7 Å². The Morgan fingerprint density at radius 1 is 1.09 bits per heavy atom. The molecule has 1 fully saturated rings. The van der Waals surface area contributed by atoms with Crippen LogP contribution < -0.4 is 0 Å². The summed E-state index contributed by atoms with van der Waals surface area (Å²) in [6, 6.07) is 12.5. The predicted octanol–water partition coefficient (Wildman–Crippen LogP) is 5.18. The molecule has 1 aliphatic heterocycles. The lowest BCUT2D eigenvalue weighted by Crippen LogP contribution is -2.27. The molecule has 0 radical (unpaired) electrons. The lowest BCUT2D eigenvalue weighted by atomic mass is 9.90. The predicted molar refractivity (Wildman–Crippen MR) is 91.6 cm³/mol. The maximum absolute atomic E-state index is 13.0. The van der Waals surface area contributed by atoms with Crippen LogP contribution in [0.2, 0.25) is 0 Å². The zero-order valence-corrected chi connectivity index (χ0v) is 14.4. The average molecular weight is 382 g/mol. The molecule has 1 N–H and O–H groups in total. The molecule has 116 valence electrons. The van der Waals surface area contributed by atoms with Gasteiger partial charge >= 0.3 is 0 Å². The van der Waals surface area contributed by atoms with Crippen LogP contribution in [0.15, 0.2) is 51.8 Å². The fraction of sp³-hybridized carbons (Fsp3) is 0.294. The van der Waals surface area contributed by atoms with Gasteiger partial charge in [0.2, 0.25) is 0 Å². The van der Waals surface area contributed by atoms with Gasteiger partial charge in [-0.3, -0.25) is 0 Å². The van der Waals surface area contributed by atoms with Crippen LogP contribution in [0.4, 0.5) is 4.39 Å². The monoisotopic (exact) mass is 381 g/mol. The summed E-state index contributed by atoms with van der Waals surface area (Å²) in [4.78, 5) is 1.12. The van der Waals surface area contributed by atoms with Gasteiger partial charge in [-0.25, -0.2) is 8.70 Å². The Morgan fingerprint density at radius 3 is 2.41 bits per heavy atom. The normalized spacial score (nSPS) is 16.8. The van der Waals surface area contributed by atoms with Crippen LogP contribution in [0, 0.1) is 5.82 Å². The van der Waals surface area contributed by atoms with Gasteiger partial charge in [-0.1, -0.05) is 12.1 Å². The Labute approximate surface area is 142 Å². The quantitative estimate of drug-likeness (QED) is 0.740. The number of halogens is 2. The van der Waals surface area contributed by atoms with Crippen molar-refractivity contribution >= 4 is 27.9 Å². The Kier molecular flexibility index (Phi) is 5.06. The molecule has 1 aliphatic rings. The van der Waals surface area contributed by atoms with Crippen molar-refractivity contribution < 1.29 is 9.50 Å². The highest BCUT2D eigenvalue weighted by atomic mass is 79.9. The standard InChI is InChI=1S/C17H17BrFNOS/c18-16-11-15(5-6-17(16)21)22-20-9-7-13(8-10-20)12-1-3-14(19)4-2-12/h1-6,11,13,21H,7-10H2. The number of benzene rings is 2. The van der Waals surface area contributed by atoms with Crippen molar-refractivity contribution in [3.8, 4) is 5.75 Å². The van der Waals surface area contributed by atoms with Gasteiger partial charge in [0.1, 0.15) is 11.6 Å². The molecule has 0 spiro atoms. The van der Waals surface area contributed by atoms with E-state index in [1.54, 1.807) is 30.1 Å². The van der Waals surface area contributed by atoms with E-state index in [0.717, 1.165) is 35.3 Å². The van der Waals surface area contributed by atoms with Gasteiger partial charge in [-0.05, 0) is 82.5 Å².